The average Bonchev–Trinajstić information content (AvgIpc) is 2.35. The number of nitrogens with one attached hydrogen (secondary N) is 2. The van der Waals surface area contributed by atoms with Crippen LogP contribution in [0.2, 0.25) is 0 Å². The Hall–Kier alpha value is -1.10. The largest absolute Gasteiger partial charge is 0.359 e. The van der Waals surface area contributed by atoms with E-state index in [-0.39, 0.29) is 11.8 Å². The van der Waals surface area contributed by atoms with Crippen molar-refractivity contribution in [2.75, 3.05) is 13.6 Å². The van der Waals surface area contributed by atoms with E-state index in [1.54, 1.807) is 20.9 Å². The molecule has 0 saturated heterocycles. The second kappa shape index (κ2) is 5.69. The molecular formula is C13H25N3O2. The van der Waals surface area contributed by atoms with Crippen LogP contribution in [0.5, 0.6) is 0 Å². The Morgan fingerprint density at radius 1 is 1.22 bits per heavy atom. The van der Waals surface area contributed by atoms with E-state index in [1.807, 2.05) is 0 Å². The Labute approximate surface area is 109 Å². The first kappa shape index (κ1) is 15.0. The minimum atomic E-state index is -0.739. The molecule has 0 aromatic heterocycles. The molecule has 0 aromatic rings. The summed E-state index contributed by atoms with van der Waals surface area (Å²) in [7, 11) is 1.59. The summed E-state index contributed by atoms with van der Waals surface area (Å²) >= 11 is 0. The Morgan fingerprint density at radius 2 is 1.78 bits per heavy atom. The maximum Gasteiger partial charge on any atom is 0.240 e. The van der Waals surface area contributed by atoms with Gasteiger partial charge in [0.25, 0.3) is 0 Å². The number of carbonyl (C=O) groups excluding carboxylic acids is 2. The van der Waals surface area contributed by atoms with Gasteiger partial charge < -0.3 is 16.4 Å². The first-order valence-corrected chi connectivity index (χ1v) is 6.61. The topological polar surface area (TPSA) is 84.2 Å². The minimum absolute atomic E-state index is 0.0856. The van der Waals surface area contributed by atoms with Crippen LogP contribution < -0.4 is 16.4 Å². The van der Waals surface area contributed by atoms with Crippen LogP contribution in [-0.4, -0.2) is 30.9 Å². The van der Waals surface area contributed by atoms with Gasteiger partial charge in [-0.15, -0.1) is 0 Å². The quantitative estimate of drug-likeness (QED) is 0.685. The Morgan fingerprint density at radius 3 is 2.28 bits per heavy atom. The number of hydrogen-bond donors (Lipinski definition) is 3. The first-order chi connectivity index (χ1) is 8.32. The zero-order chi connectivity index (χ0) is 13.8. The fourth-order valence-corrected chi connectivity index (χ4v) is 2.31. The van der Waals surface area contributed by atoms with Crippen LogP contribution in [-0.2, 0) is 9.59 Å². The van der Waals surface area contributed by atoms with E-state index in [0.717, 1.165) is 32.1 Å². The molecule has 0 atom stereocenters. The molecule has 0 bridgehead atoms. The summed E-state index contributed by atoms with van der Waals surface area (Å²) in [5, 5.41) is 5.42. The molecule has 1 saturated carbocycles. The number of hydrogen-bond acceptors (Lipinski definition) is 3. The lowest BCUT2D eigenvalue weighted by Crippen LogP contribution is -2.57. The zero-order valence-corrected chi connectivity index (χ0v) is 11.6. The lowest BCUT2D eigenvalue weighted by Gasteiger charge is -2.33. The standard InChI is InChI=1S/C13H25N3O2/c1-12(2,10(17)15-3)9-16-11(18)13(14)7-5-4-6-8-13/h4-9,14H2,1-3H3,(H,15,17)(H,16,18). The third-order valence-corrected chi connectivity index (χ3v) is 3.73. The summed E-state index contributed by atoms with van der Waals surface area (Å²) in [5.74, 6) is -0.211. The third kappa shape index (κ3) is 3.45. The van der Waals surface area contributed by atoms with Crippen LogP contribution in [0.4, 0.5) is 0 Å². The molecule has 0 aliphatic heterocycles. The van der Waals surface area contributed by atoms with E-state index in [2.05, 4.69) is 10.6 Å². The van der Waals surface area contributed by atoms with Crippen molar-refractivity contribution in [1.82, 2.24) is 10.6 Å². The molecule has 4 N–H and O–H groups in total. The summed E-state index contributed by atoms with van der Waals surface area (Å²) in [6.07, 6.45) is 4.62. The molecule has 0 aromatic carbocycles. The number of rotatable bonds is 4. The SMILES string of the molecule is CNC(=O)C(C)(C)CNC(=O)C1(N)CCCCC1. The van der Waals surface area contributed by atoms with Crippen molar-refractivity contribution in [3.63, 3.8) is 0 Å². The number of amides is 2. The molecule has 5 nitrogen and oxygen atoms in total. The van der Waals surface area contributed by atoms with E-state index >= 15 is 0 Å². The maximum atomic E-state index is 12.1. The van der Waals surface area contributed by atoms with Gasteiger partial charge in [-0.2, -0.15) is 0 Å². The molecule has 1 aliphatic carbocycles. The summed E-state index contributed by atoms with van der Waals surface area (Å²) in [4.78, 5) is 23.7. The van der Waals surface area contributed by atoms with Gasteiger partial charge in [-0.3, -0.25) is 9.59 Å². The van der Waals surface area contributed by atoms with Gasteiger partial charge in [0.05, 0.1) is 11.0 Å². The van der Waals surface area contributed by atoms with Gasteiger partial charge in [0.2, 0.25) is 11.8 Å². The van der Waals surface area contributed by atoms with Crippen molar-refractivity contribution in [3.05, 3.63) is 0 Å². The van der Waals surface area contributed by atoms with Crippen molar-refractivity contribution in [3.8, 4) is 0 Å². The Bertz CT molecular complexity index is 320. The van der Waals surface area contributed by atoms with Crippen molar-refractivity contribution < 1.29 is 9.59 Å². The van der Waals surface area contributed by atoms with E-state index in [4.69, 9.17) is 5.73 Å². The van der Waals surface area contributed by atoms with E-state index < -0.39 is 11.0 Å². The zero-order valence-electron chi connectivity index (χ0n) is 11.6. The molecule has 2 amide bonds. The van der Waals surface area contributed by atoms with E-state index in [9.17, 15) is 9.59 Å². The van der Waals surface area contributed by atoms with Crippen LogP contribution in [0.25, 0.3) is 0 Å². The highest BCUT2D eigenvalue weighted by atomic mass is 16.2. The van der Waals surface area contributed by atoms with Crippen molar-refractivity contribution in [1.29, 1.82) is 0 Å². The van der Waals surface area contributed by atoms with Crippen molar-refractivity contribution >= 4 is 11.8 Å². The highest BCUT2D eigenvalue weighted by Gasteiger charge is 2.36. The van der Waals surface area contributed by atoms with Gasteiger partial charge in [-0.05, 0) is 26.7 Å². The molecule has 0 unspecified atom stereocenters. The molecule has 1 fully saturated rings. The van der Waals surface area contributed by atoms with Crippen LogP contribution in [0.15, 0.2) is 0 Å². The van der Waals surface area contributed by atoms with Crippen LogP contribution in [0, 0.1) is 5.41 Å². The second-order valence-electron chi connectivity index (χ2n) is 5.86. The fourth-order valence-electron chi connectivity index (χ4n) is 2.31. The fraction of sp³-hybridized carbons (Fsp3) is 0.846. The van der Waals surface area contributed by atoms with E-state index in [1.165, 1.54) is 0 Å². The normalized spacial score (nSPS) is 19.1. The molecule has 0 heterocycles. The Kier molecular flexibility index (Phi) is 4.73. The highest BCUT2D eigenvalue weighted by Crippen LogP contribution is 2.26. The smallest absolute Gasteiger partial charge is 0.240 e. The van der Waals surface area contributed by atoms with Crippen LogP contribution in [0.1, 0.15) is 46.0 Å². The summed E-state index contributed by atoms with van der Waals surface area (Å²) in [6, 6.07) is 0. The molecule has 18 heavy (non-hydrogen) atoms. The van der Waals surface area contributed by atoms with Gasteiger partial charge in [0.1, 0.15) is 0 Å². The number of nitrogens with two attached hydrogens (primary N) is 1. The average molecular weight is 255 g/mol. The molecule has 0 radical (unpaired) electrons. The minimum Gasteiger partial charge on any atom is -0.359 e. The summed E-state index contributed by atoms with van der Waals surface area (Å²) < 4.78 is 0. The van der Waals surface area contributed by atoms with Crippen molar-refractivity contribution in [2.45, 2.75) is 51.5 Å². The molecule has 5 heteroatoms. The summed E-state index contributed by atoms with van der Waals surface area (Å²) in [6.45, 7) is 3.91. The van der Waals surface area contributed by atoms with Crippen LogP contribution in [0.3, 0.4) is 0 Å². The predicted octanol–water partition coefficient (Wildman–Crippen LogP) is 0.536. The molecule has 104 valence electrons. The molecule has 1 aliphatic rings. The number of carbonyl (C=O) groups is 2. The molecule has 1 rings (SSSR count). The third-order valence-electron chi connectivity index (χ3n) is 3.73. The van der Waals surface area contributed by atoms with Crippen molar-refractivity contribution in [2.24, 2.45) is 11.1 Å². The lowest BCUT2D eigenvalue weighted by molar-refractivity contribution is -0.131. The highest BCUT2D eigenvalue weighted by molar-refractivity contribution is 5.87. The van der Waals surface area contributed by atoms with Crippen LogP contribution >= 0.6 is 0 Å². The van der Waals surface area contributed by atoms with Gasteiger partial charge >= 0.3 is 0 Å². The molecule has 0 spiro atoms. The maximum absolute atomic E-state index is 12.1. The van der Waals surface area contributed by atoms with Gasteiger partial charge in [0.15, 0.2) is 0 Å². The first-order valence-electron chi connectivity index (χ1n) is 6.61. The second-order valence-corrected chi connectivity index (χ2v) is 5.86. The predicted molar refractivity (Wildman–Crippen MR) is 70.9 cm³/mol. The van der Waals surface area contributed by atoms with Gasteiger partial charge in [-0.25, -0.2) is 0 Å². The van der Waals surface area contributed by atoms with Gasteiger partial charge in [0, 0.05) is 13.6 Å². The van der Waals surface area contributed by atoms with Gasteiger partial charge in [-0.1, -0.05) is 19.3 Å². The Balaban J connectivity index is 2.52. The summed E-state index contributed by atoms with van der Waals surface area (Å²) in [5.41, 5.74) is 4.77. The molecular weight excluding hydrogens is 230 g/mol. The van der Waals surface area contributed by atoms with E-state index in [0.29, 0.717) is 6.54 Å². The lowest BCUT2D eigenvalue weighted by atomic mass is 9.81. The monoisotopic (exact) mass is 255 g/mol.